The zero-order valence-corrected chi connectivity index (χ0v) is 13.2. The van der Waals surface area contributed by atoms with E-state index in [0.29, 0.717) is 6.61 Å². The maximum absolute atomic E-state index is 5.46. The molecule has 3 heteroatoms. The zero-order valence-electron chi connectivity index (χ0n) is 13.2. The summed E-state index contributed by atoms with van der Waals surface area (Å²) in [6.45, 7) is 11.4. The number of hydrogen-bond acceptors (Lipinski definition) is 3. The highest BCUT2D eigenvalue weighted by atomic mass is 16.5. The molecule has 1 aliphatic rings. The van der Waals surface area contributed by atoms with Gasteiger partial charge in [0.25, 0.3) is 0 Å². The summed E-state index contributed by atoms with van der Waals surface area (Å²) in [4.78, 5) is 2.49. The van der Waals surface area contributed by atoms with Crippen molar-refractivity contribution >= 4 is 5.69 Å². The number of piperidine rings is 1. The third kappa shape index (κ3) is 5.90. The summed E-state index contributed by atoms with van der Waals surface area (Å²) in [6, 6.07) is 8.96. The van der Waals surface area contributed by atoms with Crippen molar-refractivity contribution < 1.29 is 4.74 Å². The van der Waals surface area contributed by atoms with Gasteiger partial charge in [-0.15, -0.1) is 0 Å². The molecule has 1 heterocycles. The van der Waals surface area contributed by atoms with E-state index in [1.807, 2.05) is 6.92 Å². The van der Waals surface area contributed by atoms with Gasteiger partial charge in [-0.2, -0.15) is 0 Å². The SMILES string of the molecule is C=C(C)COCCNCc1ccc(N2CCCCC2)cc1. The summed E-state index contributed by atoms with van der Waals surface area (Å²) in [6.07, 6.45) is 4.03. The van der Waals surface area contributed by atoms with Crippen molar-refractivity contribution in [2.45, 2.75) is 32.7 Å². The van der Waals surface area contributed by atoms with E-state index in [1.54, 1.807) is 0 Å². The molecule has 21 heavy (non-hydrogen) atoms. The first kappa shape index (κ1) is 16.1. The topological polar surface area (TPSA) is 24.5 Å². The minimum absolute atomic E-state index is 0.659. The Morgan fingerprint density at radius 3 is 2.57 bits per heavy atom. The van der Waals surface area contributed by atoms with E-state index in [2.05, 4.69) is 41.1 Å². The highest BCUT2D eigenvalue weighted by Crippen LogP contribution is 2.20. The second-order valence-electron chi connectivity index (χ2n) is 5.90. The van der Waals surface area contributed by atoms with Gasteiger partial charge in [-0.05, 0) is 43.9 Å². The Morgan fingerprint density at radius 2 is 1.90 bits per heavy atom. The van der Waals surface area contributed by atoms with Gasteiger partial charge in [-0.1, -0.05) is 24.3 Å². The first-order valence-corrected chi connectivity index (χ1v) is 8.02. The van der Waals surface area contributed by atoms with Gasteiger partial charge in [0.2, 0.25) is 0 Å². The molecular formula is C18H28N2O. The maximum atomic E-state index is 5.46. The van der Waals surface area contributed by atoms with E-state index >= 15 is 0 Å². The van der Waals surface area contributed by atoms with Crippen molar-refractivity contribution in [3.63, 3.8) is 0 Å². The van der Waals surface area contributed by atoms with Crippen LogP contribution in [0.5, 0.6) is 0 Å². The Hall–Kier alpha value is -1.32. The van der Waals surface area contributed by atoms with Crippen LogP contribution in [0.4, 0.5) is 5.69 Å². The van der Waals surface area contributed by atoms with Gasteiger partial charge in [0.05, 0.1) is 13.2 Å². The lowest BCUT2D eigenvalue weighted by atomic mass is 10.1. The maximum Gasteiger partial charge on any atom is 0.0672 e. The van der Waals surface area contributed by atoms with Gasteiger partial charge in [-0.25, -0.2) is 0 Å². The first-order chi connectivity index (χ1) is 10.3. The summed E-state index contributed by atoms with van der Waals surface area (Å²) in [7, 11) is 0. The fraction of sp³-hybridized carbons (Fsp3) is 0.556. The normalized spacial score (nSPS) is 15.2. The van der Waals surface area contributed by atoms with Crippen LogP contribution in [-0.4, -0.2) is 32.8 Å². The summed E-state index contributed by atoms with van der Waals surface area (Å²) in [5.74, 6) is 0. The van der Waals surface area contributed by atoms with Crippen molar-refractivity contribution in [1.29, 1.82) is 0 Å². The zero-order chi connectivity index (χ0) is 14.9. The molecule has 0 bridgehead atoms. The van der Waals surface area contributed by atoms with Crippen LogP contribution in [0.3, 0.4) is 0 Å². The number of nitrogens with one attached hydrogen (secondary N) is 1. The van der Waals surface area contributed by atoms with Crippen LogP contribution in [0.2, 0.25) is 0 Å². The smallest absolute Gasteiger partial charge is 0.0672 e. The molecule has 1 aromatic rings. The first-order valence-electron chi connectivity index (χ1n) is 8.02. The molecule has 1 fully saturated rings. The number of anilines is 1. The van der Waals surface area contributed by atoms with Crippen molar-refractivity contribution in [1.82, 2.24) is 5.32 Å². The fourth-order valence-electron chi connectivity index (χ4n) is 2.60. The van der Waals surface area contributed by atoms with Crippen molar-refractivity contribution in [3.05, 3.63) is 42.0 Å². The van der Waals surface area contributed by atoms with Gasteiger partial charge >= 0.3 is 0 Å². The lowest BCUT2D eigenvalue weighted by molar-refractivity contribution is 0.158. The second kappa shape index (κ2) is 8.85. The third-order valence-electron chi connectivity index (χ3n) is 3.76. The largest absolute Gasteiger partial charge is 0.376 e. The summed E-state index contributed by atoms with van der Waals surface area (Å²) in [5, 5.41) is 3.41. The molecule has 0 saturated carbocycles. The highest BCUT2D eigenvalue weighted by Gasteiger charge is 2.10. The monoisotopic (exact) mass is 288 g/mol. The van der Waals surface area contributed by atoms with Crippen LogP contribution in [0.1, 0.15) is 31.7 Å². The number of benzene rings is 1. The molecule has 0 aromatic heterocycles. The lowest BCUT2D eigenvalue weighted by Gasteiger charge is -2.28. The van der Waals surface area contributed by atoms with Gasteiger partial charge in [0.15, 0.2) is 0 Å². The molecule has 0 atom stereocenters. The van der Waals surface area contributed by atoms with Crippen LogP contribution < -0.4 is 10.2 Å². The average molecular weight is 288 g/mol. The summed E-state index contributed by atoms with van der Waals surface area (Å²) in [5.41, 5.74) is 3.77. The van der Waals surface area contributed by atoms with Gasteiger partial charge in [-0.3, -0.25) is 0 Å². The predicted molar refractivity (Wildman–Crippen MR) is 89.8 cm³/mol. The van der Waals surface area contributed by atoms with E-state index in [9.17, 15) is 0 Å². The second-order valence-corrected chi connectivity index (χ2v) is 5.90. The average Bonchev–Trinajstić information content (AvgIpc) is 2.52. The van der Waals surface area contributed by atoms with Crippen LogP contribution >= 0.6 is 0 Å². The van der Waals surface area contributed by atoms with E-state index in [4.69, 9.17) is 4.74 Å². The molecule has 0 unspecified atom stereocenters. The summed E-state index contributed by atoms with van der Waals surface area (Å²) < 4.78 is 5.46. The van der Waals surface area contributed by atoms with Gasteiger partial charge in [0, 0.05) is 31.9 Å². The fourth-order valence-corrected chi connectivity index (χ4v) is 2.60. The number of nitrogens with zero attached hydrogens (tertiary/aromatic N) is 1. The molecule has 116 valence electrons. The van der Waals surface area contributed by atoms with Gasteiger partial charge < -0.3 is 15.0 Å². The van der Waals surface area contributed by atoms with Crippen LogP contribution in [0.25, 0.3) is 0 Å². The molecule has 1 N–H and O–H groups in total. The molecule has 0 aliphatic carbocycles. The van der Waals surface area contributed by atoms with E-state index < -0.39 is 0 Å². The highest BCUT2D eigenvalue weighted by molar-refractivity contribution is 5.47. The molecule has 0 spiro atoms. The van der Waals surface area contributed by atoms with Crippen molar-refractivity contribution in [2.24, 2.45) is 0 Å². The van der Waals surface area contributed by atoms with Crippen LogP contribution in [0, 0.1) is 0 Å². The van der Waals surface area contributed by atoms with Crippen LogP contribution in [-0.2, 0) is 11.3 Å². The Kier molecular flexibility index (Phi) is 6.77. The van der Waals surface area contributed by atoms with Crippen LogP contribution in [0.15, 0.2) is 36.4 Å². The number of ether oxygens (including phenoxy) is 1. The quantitative estimate of drug-likeness (QED) is 0.586. The van der Waals surface area contributed by atoms with Crippen molar-refractivity contribution in [3.8, 4) is 0 Å². The van der Waals surface area contributed by atoms with E-state index in [-0.39, 0.29) is 0 Å². The third-order valence-corrected chi connectivity index (χ3v) is 3.76. The Labute approximate surface area is 129 Å². The number of rotatable bonds is 8. The molecule has 0 amide bonds. The molecular weight excluding hydrogens is 260 g/mol. The van der Waals surface area contributed by atoms with E-state index in [1.165, 1.54) is 43.6 Å². The molecule has 0 radical (unpaired) electrons. The van der Waals surface area contributed by atoms with Gasteiger partial charge in [0.1, 0.15) is 0 Å². The minimum Gasteiger partial charge on any atom is -0.376 e. The minimum atomic E-state index is 0.659. The molecule has 1 aromatic carbocycles. The molecule has 1 aliphatic heterocycles. The molecule has 3 nitrogen and oxygen atoms in total. The molecule has 2 rings (SSSR count). The Balaban J connectivity index is 1.66. The standard InChI is InChI=1S/C18H28N2O/c1-16(2)15-21-13-10-19-14-17-6-8-18(9-7-17)20-11-4-3-5-12-20/h6-9,19H,1,3-5,10-15H2,2H3. The van der Waals surface area contributed by atoms with Crippen molar-refractivity contribution in [2.75, 3.05) is 37.7 Å². The lowest BCUT2D eigenvalue weighted by Crippen LogP contribution is -2.29. The Morgan fingerprint density at radius 1 is 1.19 bits per heavy atom. The molecule has 1 saturated heterocycles. The van der Waals surface area contributed by atoms with E-state index in [0.717, 1.165) is 25.3 Å². The number of hydrogen-bond donors (Lipinski definition) is 1. The predicted octanol–water partition coefficient (Wildman–Crippen LogP) is 3.36. The summed E-state index contributed by atoms with van der Waals surface area (Å²) >= 11 is 0. The Bertz CT molecular complexity index is 421.